The Hall–Kier alpha value is -3.13. The number of methoxy groups -OCH3 is 2. The molecule has 1 heterocycles. The normalized spacial score (nSPS) is 9.92. The largest absolute Gasteiger partial charge is 0.465 e. The number of pyridine rings is 1. The second-order valence-electron chi connectivity index (χ2n) is 6.02. The Bertz CT molecular complexity index is 888. The molecule has 0 unspecified atom stereocenters. The minimum Gasteiger partial charge on any atom is -0.465 e. The van der Waals surface area contributed by atoms with Gasteiger partial charge in [-0.2, -0.15) is 0 Å². The highest BCUT2D eigenvalue weighted by Crippen LogP contribution is 2.22. The highest BCUT2D eigenvalue weighted by atomic mass is 16.5. The van der Waals surface area contributed by atoms with Gasteiger partial charge in [-0.3, -0.25) is 4.98 Å². The van der Waals surface area contributed by atoms with Crippen LogP contribution in [0, 0.1) is 39.5 Å². The van der Waals surface area contributed by atoms with E-state index in [0.717, 1.165) is 16.7 Å². The minimum atomic E-state index is -0.593. The van der Waals surface area contributed by atoms with Crippen molar-refractivity contribution in [1.29, 1.82) is 0 Å². The van der Waals surface area contributed by atoms with Gasteiger partial charge >= 0.3 is 11.9 Å². The second kappa shape index (κ2) is 7.83. The Morgan fingerprint density at radius 1 is 0.808 bits per heavy atom. The van der Waals surface area contributed by atoms with Gasteiger partial charge in [-0.1, -0.05) is 17.9 Å². The Balaban J connectivity index is 2.78. The van der Waals surface area contributed by atoms with Crippen LogP contribution in [0.3, 0.4) is 0 Å². The van der Waals surface area contributed by atoms with E-state index in [2.05, 4.69) is 16.8 Å². The van der Waals surface area contributed by atoms with E-state index < -0.39 is 11.9 Å². The molecule has 0 amide bonds. The van der Waals surface area contributed by atoms with E-state index in [4.69, 9.17) is 9.47 Å². The molecule has 0 saturated heterocycles. The molecule has 0 saturated carbocycles. The van der Waals surface area contributed by atoms with Gasteiger partial charge in [-0.05, 0) is 51.0 Å². The monoisotopic (exact) mass is 351 g/mol. The fourth-order valence-corrected chi connectivity index (χ4v) is 2.86. The number of ether oxygens (including phenoxy) is 2. The fraction of sp³-hybridized carbons (Fsp3) is 0.286. The number of aromatic nitrogens is 1. The Morgan fingerprint density at radius 3 is 1.69 bits per heavy atom. The van der Waals surface area contributed by atoms with Crippen LogP contribution in [0.4, 0.5) is 0 Å². The number of aryl methyl sites for hydroxylation is 4. The molecule has 0 aliphatic rings. The molecule has 26 heavy (non-hydrogen) atoms. The number of esters is 2. The summed E-state index contributed by atoms with van der Waals surface area (Å²) in [5.74, 6) is 4.83. The van der Waals surface area contributed by atoms with Crippen LogP contribution in [0.1, 0.15) is 54.4 Å². The molecule has 0 aliphatic carbocycles. The van der Waals surface area contributed by atoms with Crippen molar-refractivity contribution >= 4 is 11.9 Å². The molecule has 0 radical (unpaired) electrons. The summed E-state index contributed by atoms with van der Waals surface area (Å²) in [4.78, 5) is 28.8. The van der Waals surface area contributed by atoms with Gasteiger partial charge in [0.15, 0.2) is 0 Å². The lowest BCUT2D eigenvalue weighted by Crippen LogP contribution is -2.16. The van der Waals surface area contributed by atoms with E-state index in [1.165, 1.54) is 14.2 Å². The molecule has 2 aromatic rings. The van der Waals surface area contributed by atoms with E-state index in [-0.39, 0.29) is 16.7 Å². The minimum absolute atomic E-state index is 0.176. The number of rotatable bonds is 2. The molecule has 2 rings (SSSR count). The first-order chi connectivity index (χ1) is 12.3. The maximum atomic E-state index is 12.3. The first kappa shape index (κ1) is 19.2. The van der Waals surface area contributed by atoms with Crippen LogP contribution in [-0.2, 0) is 9.47 Å². The Kier molecular flexibility index (Phi) is 5.78. The zero-order chi connectivity index (χ0) is 19.4. The molecule has 0 bridgehead atoms. The summed E-state index contributed by atoms with van der Waals surface area (Å²) in [6, 6.07) is 5.93. The molecule has 5 heteroatoms. The van der Waals surface area contributed by atoms with Gasteiger partial charge in [0.25, 0.3) is 0 Å². The van der Waals surface area contributed by atoms with Crippen molar-refractivity contribution in [1.82, 2.24) is 4.98 Å². The van der Waals surface area contributed by atoms with Gasteiger partial charge in [-0.25, -0.2) is 9.59 Å². The maximum Gasteiger partial charge on any atom is 0.341 e. The molecule has 0 aliphatic heterocycles. The SMILES string of the molecule is COC(=O)c1c(C)nc(C)c(C(=O)OC)c1C#Cc1cc(C)cc(C)c1. The van der Waals surface area contributed by atoms with Crippen LogP contribution < -0.4 is 0 Å². The van der Waals surface area contributed by atoms with Crippen LogP contribution in [0.5, 0.6) is 0 Å². The van der Waals surface area contributed by atoms with Crippen LogP contribution in [0.25, 0.3) is 0 Å². The summed E-state index contributed by atoms with van der Waals surface area (Å²) >= 11 is 0. The highest BCUT2D eigenvalue weighted by molar-refractivity contribution is 6.01. The number of hydrogen-bond donors (Lipinski definition) is 0. The van der Waals surface area contributed by atoms with Gasteiger partial charge in [0.05, 0.1) is 42.3 Å². The zero-order valence-corrected chi connectivity index (χ0v) is 15.8. The van der Waals surface area contributed by atoms with E-state index in [0.29, 0.717) is 11.4 Å². The number of carbonyl (C=O) groups excluding carboxylic acids is 2. The molecule has 5 nitrogen and oxygen atoms in total. The van der Waals surface area contributed by atoms with Gasteiger partial charge in [0, 0.05) is 5.56 Å². The molecular weight excluding hydrogens is 330 g/mol. The topological polar surface area (TPSA) is 65.5 Å². The van der Waals surface area contributed by atoms with Crippen LogP contribution in [0.2, 0.25) is 0 Å². The molecule has 0 N–H and O–H groups in total. The lowest BCUT2D eigenvalue weighted by molar-refractivity contribution is 0.0596. The number of hydrogen-bond acceptors (Lipinski definition) is 5. The lowest BCUT2D eigenvalue weighted by Gasteiger charge is -2.12. The van der Waals surface area contributed by atoms with Crippen molar-refractivity contribution < 1.29 is 19.1 Å². The van der Waals surface area contributed by atoms with Crippen molar-refractivity contribution in [2.75, 3.05) is 14.2 Å². The molecule has 1 aromatic carbocycles. The number of nitrogens with zero attached hydrogens (tertiary/aromatic N) is 1. The number of carbonyl (C=O) groups is 2. The summed E-state index contributed by atoms with van der Waals surface area (Å²) in [6.45, 7) is 7.34. The summed E-state index contributed by atoms with van der Waals surface area (Å²) in [7, 11) is 2.56. The lowest BCUT2D eigenvalue weighted by atomic mass is 9.98. The third-order valence-corrected chi connectivity index (χ3v) is 3.89. The first-order valence-electron chi connectivity index (χ1n) is 8.06. The van der Waals surface area contributed by atoms with Crippen molar-refractivity contribution in [3.63, 3.8) is 0 Å². The molecule has 134 valence electrons. The van der Waals surface area contributed by atoms with Crippen molar-refractivity contribution in [3.05, 3.63) is 63.0 Å². The smallest absolute Gasteiger partial charge is 0.341 e. The summed E-state index contributed by atoms with van der Waals surface area (Å²) in [6.07, 6.45) is 0. The van der Waals surface area contributed by atoms with Gasteiger partial charge in [0.1, 0.15) is 0 Å². The summed E-state index contributed by atoms with van der Waals surface area (Å²) in [5.41, 5.74) is 4.48. The highest BCUT2D eigenvalue weighted by Gasteiger charge is 2.25. The van der Waals surface area contributed by atoms with E-state index >= 15 is 0 Å². The third kappa shape index (κ3) is 3.92. The van der Waals surface area contributed by atoms with Crippen molar-refractivity contribution in [2.24, 2.45) is 0 Å². The predicted octanol–water partition coefficient (Wildman–Crippen LogP) is 3.29. The van der Waals surface area contributed by atoms with E-state index in [9.17, 15) is 9.59 Å². The molecule has 1 aromatic heterocycles. The fourth-order valence-electron chi connectivity index (χ4n) is 2.86. The molecule has 0 atom stereocenters. The maximum absolute atomic E-state index is 12.3. The van der Waals surface area contributed by atoms with Crippen molar-refractivity contribution in [2.45, 2.75) is 27.7 Å². The first-order valence-corrected chi connectivity index (χ1v) is 8.06. The number of benzene rings is 1. The van der Waals surface area contributed by atoms with Gasteiger partial charge in [-0.15, -0.1) is 0 Å². The summed E-state index contributed by atoms with van der Waals surface area (Å²) in [5, 5.41) is 0. The predicted molar refractivity (Wildman–Crippen MR) is 98.3 cm³/mol. The van der Waals surface area contributed by atoms with Gasteiger partial charge < -0.3 is 9.47 Å². The molecule has 0 spiro atoms. The van der Waals surface area contributed by atoms with E-state index in [1.807, 2.05) is 32.0 Å². The third-order valence-electron chi connectivity index (χ3n) is 3.89. The Morgan fingerprint density at radius 2 is 1.27 bits per heavy atom. The Labute approximate surface area is 153 Å². The van der Waals surface area contributed by atoms with Crippen LogP contribution >= 0.6 is 0 Å². The molecule has 0 fully saturated rings. The van der Waals surface area contributed by atoms with Crippen molar-refractivity contribution in [3.8, 4) is 11.8 Å². The average molecular weight is 351 g/mol. The second-order valence-corrected chi connectivity index (χ2v) is 6.02. The average Bonchev–Trinajstić information content (AvgIpc) is 2.57. The summed E-state index contributed by atoms with van der Waals surface area (Å²) < 4.78 is 9.71. The standard InChI is InChI=1S/C21H21NO4/c1-12-9-13(2)11-16(10-12)7-8-17-18(20(23)25-5)14(3)22-15(4)19(17)21(24)26-6/h9-11H,1-6H3. The van der Waals surface area contributed by atoms with Crippen LogP contribution in [-0.4, -0.2) is 31.1 Å². The van der Waals surface area contributed by atoms with Gasteiger partial charge in [0.2, 0.25) is 0 Å². The van der Waals surface area contributed by atoms with E-state index in [1.54, 1.807) is 13.8 Å². The quantitative estimate of drug-likeness (QED) is 0.614. The molecular formula is C21H21NO4. The zero-order valence-electron chi connectivity index (χ0n) is 15.8. The van der Waals surface area contributed by atoms with Crippen LogP contribution in [0.15, 0.2) is 18.2 Å².